The van der Waals surface area contributed by atoms with Gasteiger partial charge in [0.1, 0.15) is 17.5 Å². The quantitative estimate of drug-likeness (QED) is 0.0226. The first-order valence-electron chi connectivity index (χ1n) is 33.6. The fourth-order valence-electron chi connectivity index (χ4n) is 11.2. The summed E-state index contributed by atoms with van der Waals surface area (Å²) in [7, 11) is 0. The van der Waals surface area contributed by atoms with E-state index >= 15 is 0 Å². The molecule has 11 rings (SSSR count). The fraction of sp³-hybridized carbons (Fsp3) is 0.247. The number of benzene rings is 4. The molecule has 0 saturated carbocycles. The Balaban J connectivity index is 0.000000300. The van der Waals surface area contributed by atoms with Crippen LogP contribution in [0, 0.1) is 24.4 Å². The van der Waals surface area contributed by atoms with E-state index in [0.29, 0.717) is 35.9 Å². The molecule has 565 valence electrons. The zero-order valence-corrected chi connectivity index (χ0v) is 70.3. The van der Waals surface area contributed by atoms with Crippen molar-refractivity contribution in [3.8, 4) is 11.6 Å². The second-order valence-corrected chi connectivity index (χ2v) is 26.4. The van der Waals surface area contributed by atoms with Gasteiger partial charge in [-0.25, -0.2) is 24.5 Å². The monoisotopic (exact) mass is 2150 g/mol. The van der Waals surface area contributed by atoms with Gasteiger partial charge in [0.15, 0.2) is 11.6 Å². The van der Waals surface area contributed by atoms with Crippen LogP contribution >= 0.6 is 0 Å². The summed E-state index contributed by atoms with van der Waals surface area (Å²) >= 11 is 0. The minimum atomic E-state index is -1.03. The summed E-state index contributed by atoms with van der Waals surface area (Å²) < 4.78 is 5.53. The Morgan fingerprint density at radius 3 is 1.56 bits per heavy atom. The fourth-order valence-corrected chi connectivity index (χ4v) is 11.2. The molecule has 3 radical (unpaired) electrons. The van der Waals surface area contributed by atoms with Crippen molar-refractivity contribution >= 4 is 34.3 Å². The van der Waals surface area contributed by atoms with Gasteiger partial charge in [0, 0.05) is 186 Å². The molecule has 0 saturated heterocycles. The number of fused-ring (bicyclic) bond motifs is 1. The molecule has 4 aromatic carbocycles. The van der Waals surface area contributed by atoms with E-state index in [2.05, 4.69) is 114 Å². The summed E-state index contributed by atoms with van der Waals surface area (Å²) in [5.74, 6) is -1.81. The second-order valence-electron chi connectivity index (χ2n) is 26.4. The van der Waals surface area contributed by atoms with Crippen molar-refractivity contribution < 1.29 is 131 Å². The Labute approximate surface area is 680 Å². The predicted molar refractivity (Wildman–Crippen MR) is 395 cm³/mol. The number of para-hydroxylation sites is 1. The van der Waals surface area contributed by atoms with Crippen molar-refractivity contribution in [2.75, 3.05) is 0 Å². The van der Waals surface area contributed by atoms with Gasteiger partial charge in [0.25, 0.3) is 0 Å². The molecule has 4 unspecified atom stereocenters. The maximum Gasteiger partial charge on any atom is 0.354 e. The van der Waals surface area contributed by atoms with Crippen LogP contribution in [0.5, 0.6) is 11.6 Å². The second kappa shape index (κ2) is 42.4. The van der Waals surface area contributed by atoms with Crippen molar-refractivity contribution in [1.29, 1.82) is 0 Å². The molecule has 5 N–H and O–H groups in total. The number of carbonyl (C=O) groups is 4. The molecular weight excluding hydrogens is 2060 g/mol. The summed E-state index contributed by atoms with van der Waals surface area (Å²) in [5.41, 5.74) is 9.48. The van der Waals surface area contributed by atoms with E-state index in [1.165, 1.54) is 38.4 Å². The summed E-state index contributed by atoms with van der Waals surface area (Å²) in [6, 6.07) is 70.0. The van der Waals surface area contributed by atoms with E-state index in [4.69, 9.17) is 24.8 Å². The van der Waals surface area contributed by atoms with Crippen LogP contribution in [0.15, 0.2) is 230 Å². The van der Waals surface area contributed by atoms with Gasteiger partial charge in [-0.2, -0.15) is 90.0 Å². The summed E-state index contributed by atoms with van der Waals surface area (Å²) in [6.45, 7) is 21.5. The first kappa shape index (κ1) is 90.3. The standard InChI is InChI=1S/C26H23N2O2.C23H23N2O2.C19H22N3O2.C17H16NO4.3Ir.Pt/c1-17(21-14-9-15-22(27-21)25(29)30)23-16-18-10-7-8-13-20(18)24(28-23)26(2,3)19-11-5-4-6-12-19;1-16(15-18-11-7-13-20(24-18)22(26)27)19-12-8-14-21(25-19)23(2,3)17-9-5-4-6-10-17;1-13(8-16(24)9-14(2)23)17-6-5-7-18(22-17)19(3,4)15-10-20-12-21-11-15;1-12(19)10-13(20)11-16(21)15-8-5-9-17(18-15)22-14-6-3-2-4-7-14;;;;/h4-11,13-17H,1-3H3,(H,29,30);4-9,11-14,16H,15H2,1-3H3,(H,26,27);5-7,9-10,12-13,24H,8H2,1-4H3;2-6,8-10,16,20-21H,11H2,1H3;;;;/q4*-1;;;;. The van der Waals surface area contributed by atoms with Crippen molar-refractivity contribution in [2.24, 2.45) is 0 Å². The molecule has 0 fully saturated rings. The summed E-state index contributed by atoms with van der Waals surface area (Å²) in [6.07, 6.45) is 8.38. The molecule has 22 heteroatoms. The average molecular weight is 2150 g/mol. The molecule has 0 spiro atoms. The predicted octanol–water partition coefficient (Wildman–Crippen LogP) is 16.9. The minimum Gasteiger partial charge on any atom is -0.512 e. The SMILES string of the molecule is CC(=O)C=C(O)CC(C)c1cccc(C(C)(C)c2[c-]ncnc2)n1.CC(=O)C=C(O)CC(O)c1cccc(Oc2[c-]cccc2)n1.CC(Cc1cccc(C(=O)O)n1)c1cccc(C(C)(C)c2[c-]cccc2)n1.CC(c1cccc(C(=O)O)n1)c1cc2ccccc2c(C(C)(C)c2[c-]cccc2)n1.[Ir].[Ir].[Ir].[Pt]. The number of ketones is 2. The zero-order valence-electron chi connectivity index (χ0n) is 60.9. The third kappa shape index (κ3) is 25.8. The number of rotatable bonds is 23. The molecule has 7 aromatic heterocycles. The maximum atomic E-state index is 11.3. The number of aromatic nitrogens is 8. The molecular formula is C85H84Ir3N8O10Pt-4. The van der Waals surface area contributed by atoms with Gasteiger partial charge in [-0.3, -0.25) is 24.5 Å². The van der Waals surface area contributed by atoms with E-state index in [0.717, 1.165) is 73.4 Å². The number of carbonyl (C=O) groups excluding carboxylic acids is 2. The summed E-state index contributed by atoms with van der Waals surface area (Å²) in [5, 5.41) is 50.1. The van der Waals surface area contributed by atoms with Crippen LogP contribution in [0.1, 0.15) is 202 Å². The first-order valence-corrected chi connectivity index (χ1v) is 33.6. The topological polar surface area (TPSA) is 282 Å². The Bertz CT molecular complexity index is 4770. The molecule has 0 aliphatic rings. The molecule has 0 aliphatic heterocycles. The molecule has 0 amide bonds. The van der Waals surface area contributed by atoms with Gasteiger partial charge < -0.3 is 40.2 Å². The Hall–Kier alpha value is -9.12. The van der Waals surface area contributed by atoms with Gasteiger partial charge in [-0.15, -0.1) is 17.7 Å². The van der Waals surface area contributed by atoms with E-state index < -0.39 is 18.0 Å². The zero-order chi connectivity index (χ0) is 74.4. The average Bonchev–Trinajstić information content (AvgIpc) is 0.769. The molecule has 107 heavy (non-hydrogen) atoms. The third-order valence-electron chi connectivity index (χ3n) is 17.2. The van der Waals surface area contributed by atoms with Crippen LogP contribution in [-0.4, -0.2) is 88.9 Å². The summed E-state index contributed by atoms with van der Waals surface area (Å²) in [4.78, 5) is 79.9. The number of nitrogens with zero attached hydrogens (tertiary/aromatic N) is 8. The van der Waals surface area contributed by atoms with E-state index in [9.17, 15) is 39.6 Å². The molecule has 4 atom stereocenters. The van der Waals surface area contributed by atoms with Crippen molar-refractivity contribution in [3.05, 3.63) is 334 Å². The van der Waals surface area contributed by atoms with Crippen LogP contribution in [-0.2, 0) is 114 Å². The van der Waals surface area contributed by atoms with Crippen LogP contribution in [0.4, 0.5) is 0 Å². The van der Waals surface area contributed by atoms with Gasteiger partial charge >= 0.3 is 11.9 Å². The smallest absolute Gasteiger partial charge is 0.354 e. The molecule has 7 heterocycles. The molecule has 0 aliphatic carbocycles. The normalized spacial score (nSPS) is 12.4. The number of carboxylic acid groups (broad SMARTS) is 2. The number of aliphatic hydroxyl groups is 3. The van der Waals surface area contributed by atoms with Crippen molar-refractivity contribution in [1.82, 2.24) is 39.9 Å². The largest absolute Gasteiger partial charge is 0.512 e. The van der Waals surface area contributed by atoms with Crippen molar-refractivity contribution in [2.45, 2.75) is 136 Å². The van der Waals surface area contributed by atoms with Gasteiger partial charge in [-0.1, -0.05) is 129 Å². The number of hydrogen-bond acceptors (Lipinski definition) is 16. The van der Waals surface area contributed by atoms with Crippen LogP contribution in [0.3, 0.4) is 0 Å². The Morgan fingerprint density at radius 2 is 1.00 bits per heavy atom. The number of aromatic carboxylic acids is 2. The first-order chi connectivity index (χ1) is 49.1. The van der Waals surface area contributed by atoms with Crippen molar-refractivity contribution in [3.63, 3.8) is 0 Å². The Kier molecular flexibility index (Phi) is 35.8. The number of hydrogen-bond donors (Lipinski definition) is 5. The maximum absolute atomic E-state index is 11.3. The van der Waals surface area contributed by atoms with Crippen LogP contribution in [0.2, 0.25) is 0 Å². The molecule has 0 bridgehead atoms. The third-order valence-corrected chi connectivity index (χ3v) is 17.2. The van der Waals surface area contributed by atoms with E-state index in [1.54, 1.807) is 48.7 Å². The van der Waals surface area contributed by atoms with E-state index in [-0.39, 0.29) is 156 Å². The number of aliphatic hydroxyl groups excluding tert-OH is 3. The number of ether oxygens (including phenoxy) is 1. The van der Waals surface area contributed by atoms with E-state index in [1.807, 2.05) is 137 Å². The number of pyridine rings is 6. The Morgan fingerprint density at radius 1 is 0.495 bits per heavy atom. The van der Waals surface area contributed by atoms with Crippen LogP contribution < -0.4 is 4.74 Å². The molecule has 11 aromatic rings. The van der Waals surface area contributed by atoms with Crippen LogP contribution in [0.25, 0.3) is 10.8 Å². The molecule has 18 nitrogen and oxygen atoms in total. The number of allylic oxidation sites excluding steroid dienone is 3. The van der Waals surface area contributed by atoms with Gasteiger partial charge in [0.05, 0.1) is 34.3 Å². The number of carboxylic acids is 2. The van der Waals surface area contributed by atoms with Gasteiger partial charge in [-0.05, 0) is 92.6 Å². The minimum absolute atomic E-state index is 0. The van der Waals surface area contributed by atoms with Gasteiger partial charge in [0.2, 0.25) is 5.88 Å².